The van der Waals surface area contributed by atoms with Crippen LogP contribution in [0.3, 0.4) is 0 Å². The van der Waals surface area contributed by atoms with Crippen LogP contribution in [0.5, 0.6) is 0 Å². The third kappa shape index (κ3) is 5.14. The molecule has 1 heterocycles. The SMILES string of the molecule is CC(CCO)NC(=O)CC1CCNCC1. The van der Waals surface area contributed by atoms with Gasteiger partial charge in [-0.25, -0.2) is 0 Å². The van der Waals surface area contributed by atoms with Gasteiger partial charge in [0.1, 0.15) is 0 Å². The molecule has 1 aliphatic rings. The van der Waals surface area contributed by atoms with Gasteiger partial charge in [-0.2, -0.15) is 0 Å². The summed E-state index contributed by atoms with van der Waals surface area (Å²) >= 11 is 0. The molecule has 0 radical (unpaired) electrons. The van der Waals surface area contributed by atoms with Gasteiger partial charge in [-0.1, -0.05) is 0 Å². The summed E-state index contributed by atoms with van der Waals surface area (Å²) in [4.78, 5) is 11.6. The van der Waals surface area contributed by atoms with Crippen LogP contribution >= 0.6 is 0 Å². The first kappa shape index (κ1) is 12.5. The molecule has 0 saturated carbocycles. The lowest BCUT2D eigenvalue weighted by Gasteiger charge is -2.22. The summed E-state index contributed by atoms with van der Waals surface area (Å²) in [6.45, 7) is 4.12. The van der Waals surface area contributed by atoms with E-state index in [4.69, 9.17) is 5.11 Å². The van der Waals surface area contributed by atoms with Crippen molar-refractivity contribution in [3.63, 3.8) is 0 Å². The van der Waals surface area contributed by atoms with Crippen LogP contribution in [-0.4, -0.2) is 36.8 Å². The van der Waals surface area contributed by atoms with E-state index in [0.29, 0.717) is 18.8 Å². The average Bonchev–Trinajstić information content (AvgIpc) is 2.19. The van der Waals surface area contributed by atoms with E-state index >= 15 is 0 Å². The highest BCUT2D eigenvalue weighted by Gasteiger charge is 2.17. The maximum Gasteiger partial charge on any atom is 0.220 e. The number of hydrogen-bond donors (Lipinski definition) is 3. The topological polar surface area (TPSA) is 61.4 Å². The summed E-state index contributed by atoms with van der Waals surface area (Å²) in [7, 11) is 0. The second-order valence-corrected chi connectivity index (χ2v) is 4.38. The summed E-state index contributed by atoms with van der Waals surface area (Å²) < 4.78 is 0. The van der Waals surface area contributed by atoms with Gasteiger partial charge in [-0.05, 0) is 45.2 Å². The van der Waals surface area contributed by atoms with E-state index in [0.717, 1.165) is 25.9 Å². The Morgan fingerprint density at radius 3 is 2.80 bits per heavy atom. The number of rotatable bonds is 5. The number of carbonyl (C=O) groups excluding carboxylic acids is 1. The zero-order valence-electron chi connectivity index (χ0n) is 9.46. The van der Waals surface area contributed by atoms with Gasteiger partial charge in [0.15, 0.2) is 0 Å². The van der Waals surface area contributed by atoms with Gasteiger partial charge in [-0.3, -0.25) is 4.79 Å². The van der Waals surface area contributed by atoms with Gasteiger partial charge in [0.05, 0.1) is 0 Å². The molecule has 3 N–H and O–H groups in total. The molecule has 0 aliphatic carbocycles. The predicted molar refractivity (Wildman–Crippen MR) is 59.5 cm³/mol. The highest BCUT2D eigenvalue weighted by molar-refractivity contribution is 5.76. The molecular formula is C11H22N2O2. The monoisotopic (exact) mass is 214 g/mol. The first-order valence-corrected chi connectivity index (χ1v) is 5.83. The second-order valence-electron chi connectivity index (χ2n) is 4.38. The zero-order chi connectivity index (χ0) is 11.1. The number of carbonyl (C=O) groups is 1. The van der Waals surface area contributed by atoms with Crippen molar-refractivity contribution in [2.75, 3.05) is 19.7 Å². The lowest BCUT2D eigenvalue weighted by atomic mass is 9.94. The Morgan fingerprint density at radius 1 is 1.53 bits per heavy atom. The molecule has 88 valence electrons. The van der Waals surface area contributed by atoms with Crippen molar-refractivity contribution in [3.05, 3.63) is 0 Å². The standard InChI is InChI=1S/C11H22N2O2/c1-9(4-7-14)13-11(15)8-10-2-5-12-6-3-10/h9-10,12,14H,2-8H2,1H3,(H,13,15). The second kappa shape index (κ2) is 6.80. The molecule has 1 unspecified atom stereocenters. The van der Waals surface area contributed by atoms with E-state index in [1.165, 1.54) is 0 Å². The van der Waals surface area contributed by atoms with Crippen LogP contribution in [0.15, 0.2) is 0 Å². The minimum atomic E-state index is 0.0872. The van der Waals surface area contributed by atoms with Crippen LogP contribution in [0.25, 0.3) is 0 Å². The Labute approximate surface area is 91.4 Å². The van der Waals surface area contributed by atoms with Gasteiger partial charge < -0.3 is 15.7 Å². The predicted octanol–water partition coefficient (Wildman–Crippen LogP) is 0.263. The Bertz CT molecular complexity index is 191. The van der Waals surface area contributed by atoms with Gasteiger partial charge >= 0.3 is 0 Å². The number of piperidine rings is 1. The van der Waals surface area contributed by atoms with E-state index in [9.17, 15) is 4.79 Å². The zero-order valence-corrected chi connectivity index (χ0v) is 9.46. The highest BCUT2D eigenvalue weighted by atomic mass is 16.3. The molecule has 4 heteroatoms. The molecule has 1 atom stereocenters. The molecular weight excluding hydrogens is 192 g/mol. The van der Waals surface area contributed by atoms with E-state index in [2.05, 4.69) is 10.6 Å². The fraction of sp³-hybridized carbons (Fsp3) is 0.909. The Kier molecular flexibility index (Phi) is 5.65. The van der Waals surface area contributed by atoms with E-state index in [1.54, 1.807) is 0 Å². The Hall–Kier alpha value is -0.610. The number of hydrogen-bond acceptors (Lipinski definition) is 3. The number of amides is 1. The van der Waals surface area contributed by atoms with E-state index in [-0.39, 0.29) is 18.6 Å². The molecule has 0 spiro atoms. The lowest BCUT2D eigenvalue weighted by molar-refractivity contribution is -0.122. The molecule has 1 fully saturated rings. The third-order valence-corrected chi connectivity index (χ3v) is 2.90. The molecule has 0 aromatic heterocycles. The number of aliphatic hydroxyl groups is 1. The molecule has 1 aliphatic heterocycles. The number of nitrogens with one attached hydrogen (secondary N) is 2. The first-order chi connectivity index (χ1) is 7.22. The van der Waals surface area contributed by atoms with Gasteiger partial charge in [-0.15, -0.1) is 0 Å². The van der Waals surface area contributed by atoms with Crippen molar-refractivity contribution in [1.82, 2.24) is 10.6 Å². The molecule has 1 saturated heterocycles. The van der Waals surface area contributed by atoms with E-state index < -0.39 is 0 Å². The summed E-state index contributed by atoms with van der Waals surface area (Å²) in [6, 6.07) is 0.0872. The molecule has 15 heavy (non-hydrogen) atoms. The lowest BCUT2D eigenvalue weighted by Crippen LogP contribution is -2.36. The normalized spacial score (nSPS) is 19.9. The van der Waals surface area contributed by atoms with Crippen LogP contribution in [0, 0.1) is 5.92 Å². The van der Waals surface area contributed by atoms with Crippen LogP contribution in [0.4, 0.5) is 0 Å². The van der Waals surface area contributed by atoms with Crippen LogP contribution in [-0.2, 0) is 4.79 Å². The highest BCUT2D eigenvalue weighted by Crippen LogP contribution is 2.15. The first-order valence-electron chi connectivity index (χ1n) is 5.83. The minimum Gasteiger partial charge on any atom is -0.396 e. The van der Waals surface area contributed by atoms with Crippen molar-refractivity contribution < 1.29 is 9.90 Å². The molecule has 0 aromatic carbocycles. The third-order valence-electron chi connectivity index (χ3n) is 2.90. The summed E-state index contributed by atoms with van der Waals surface area (Å²) in [5.74, 6) is 0.662. The smallest absolute Gasteiger partial charge is 0.220 e. The van der Waals surface area contributed by atoms with E-state index in [1.807, 2.05) is 6.92 Å². The fourth-order valence-corrected chi connectivity index (χ4v) is 1.95. The van der Waals surface area contributed by atoms with Crippen LogP contribution < -0.4 is 10.6 Å². The largest absolute Gasteiger partial charge is 0.396 e. The van der Waals surface area contributed by atoms with Crippen LogP contribution in [0.2, 0.25) is 0 Å². The Balaban J connectivity index is 2.16. The van der Waals surface area contributed by atoms with Crippen molar-refractivity contribution >= 4 is 5.91 Å². The van der Waals surface area contributed by atoms with Gasteiger partial charge in [0.25, 0.3) is 0 Å². The average molecular weight is 214 g/mol. The summed E-state index contributed by atoms with van der Waals surface area (Å²) in [5.41, 5.74) is 0. The molecule has 1 rings (SSSR count). The molecule has 1 amide bonds. The maximum atomic E-state index is 11.6. The van der Waals surface area contributed by atoms with Crippen LogP contribution in [0.1, 0.15) is 32.6 Å². The maximum absolute atomic E-state index is 11.6. The fourth-order valence-electron chi connectivity index (χ4n) is 1.95. The summed E-state index contributed by atoms with van der Waals surface area (Å²) in [6.07, 6.45) is 3.47. The van der Waals surface area contributed by atoms with Crippen molar-refractivity contribution in [1.29, 1.82) is 0 Å². The van der Waals surface area contributed by atoms with Crippen molar-refractivity contribution in [2.24, 2.45) is 5.92 Å². The molecule has 4 nitrogen and oxygen atoms in total. The van der Waals surface area contributed by atoms with Crippen molar-refractivity contribution in [3.8, 4) is 0 Å². The number of aliphatic hydroxyl groups excluding tert-OH is 1. The quantitative estimate of drug-likeness (QED) is 0.615. The Morgan fingerprint density at radius 2 is 2.20 bits per heavy atom. The minimum absolute atomic E-state index is 0.0872. The van der Waals surface area contributed by atoms with Crippen molar-refractivity contribution in [2.45, 2.75) is 38.6 Å². The molecule has 0 aromatic rings. The molecule has 0 bridgehead atoms. The summed E-state index contributed by atoms with van der Waals surface area (Å²) in [5, 5.41) is 14.9. The van der Waals surface area contributed by atoms with Gasteiger partial charge in [0.2, 0.25) is 5.91 Å². The van der Waals surface area contributed by atoms with Gasteiger partial charge in [0, 0.05) is 19.1 Å².